The second-order valence-electron chi connectivity index (χ2n) is 17.8. The summed E-state index contributed by atoms with van der Waals surface area (Å²) >= 11 is 0. The first-order valence-electron chi connectivity index (χ1n) is 23.3. The van der Waals surface area contributed by atoms with Crippen LogP contribution in [0.5, 0.6) is 23.0 Å². The monoisotopic (exact) mass is 871 g/mol. The summed E-state index contributed by atoms with van der Waals surface area (Å²) in [7, 11) is 3.30. The normalized spacial score (nSPS) is 24.2. The van der Waals surface area contributed by atoms with Crippen molar-refractivity contribution < 1.29 is 34.0 Å². The molecular weight excluding hydrogens is 807 g/mol. The van der Waals surface area contributed by atoms with E-state index in [0.29, 0.717) is 37.7 Å². The van der Waals surface area contributed by atoms with Gasteiger partial charge in [0, 0.05) is 46.3 Å². The Kier molecular flexibility index (Phi) is 14.2. The second kappa shape index (κ2) is 20.2. The topological polar surface area (TPSA) is 174 Å². The minimum absolute atomic E-state index is 0.117. The van der Waals surface area contributed by atoms with Crippen LogP contribution in [0, 0.1) is 0 Å². The van der Waals surface area contributed by atoms with Crippen LogP contribution in [0.3, 0.4) is 0 Å². The number of nitrogens with zero attached hydrogens (tertiary/aromatic N) is 3. The number of fused-ring (bicyclic) bond motifs is 6. The average Bonchev–Trinajstić information content (AvgIpc) is 3.30. The molecule has 7 atom stereocenters. The van der Waals surface area contributed by atoms with E-state index >= 15 is 0 Å². The predicted octanol–water partition coefficient (Wildman–Crippen LogP) is 7.52. The Labute approximate surface area is 377 Å². The van der Waals surface area contributed by atoms with Gasteiger partial charge in [-0.2, -0.15) is 0 Å². The Balaban J connectivity index is 0.000000184. The fraction of sp³-hybridized carbons (Fsp3) is 0.481. The third-order valence-corrected chi connectivity index (χ3v) is 13.7. The third kappa shape index (κ3) is 9.65. The lowest BCUT2D eigenvalue weighted by molar-refractivity contribution is -0.120. The highest BCUT2D eigenvalue weighted by Crippen LogP contribution is 2.47. The standard InChI is InChI=1S/C30H39N3O4.C22H26N2O3/c1-3-37-28-16-22-23-15-21(34)11-12-26(23)32-29(24(22)17-27(28)36-2)20-9-7-19(8-10-20)25(30(31)35)18-33-13-5-4-6-14-33;1-3-27-21-11-16-17-10-15(25)7-8-19(17)24-22(18(16)12-20(21)26-2)13-5-4-6-14(23)9-13/h7-10,16-17,21,23,25-26,34H,3-6,11-15,18H2,1-2H3,(H2,31,35);4-6,9,11-12,15,17,19,25H,3,7-8,10,23H2,1-2H3. The van der Waals surface area contributed by atoms with Gasteiger partial charge in [-0.1, -0.05) is 42.8 Å². The Morgan fingerprint density at radius 2 is 1.23 bits per heavy atom. The number of aliphatic hydroxyl groups excluding tert-OH is 2. The molecule has 12 nitrogen and oxygen atoms in total. The molecule has 2 saturated carbocycles. The second-order valence-corrected chi connectivity index (χ2v) is 17.8. The maximum atomic E-state index is 12.4. The highest BCUT2D eigenvalue weighted by molar-refractivity contribution is 6.16. The van der Waals surface area contributed by atoms with Gasteiger partial charge in [0.25, 0.3) is 0 Å². The minimum atomic E-state index is -0.328. The first-order chi connectivity index (χ1) is 31.1. The molecule has 1 amide bonds. The summed E-state index contributed by atoms with van der Waals surface area (Å²) in [6.07, 6.45) is 7.73. The zero-order valence-electron chi connectivity index (χ0n) is 37.8. The van der Waals surface area contributed by atoms with E-state index in [2.05, 4.69) is 29.2 Å². The van der Waals surface area contributed by atoms with E-state index in [1.807, 2.05) is 62.4 Å². The van der Waals surface area contributed by atoms with Gasteiger partial charge < -0.3 is 45.5 Å². The number of carbonyl (C=O) groups is 1. The van der Waals surface area contributed by atoms with Crippen LogP contribution in [-0.4, -0.2) is 104 Å². The largest absolute Gasteiger partial charge is 0.493 e. The lowest BCUT2D eigenvalue weighted by Gasteiger charge is -2.37. The first-order valence-corrected chi connectivity index (χ1v) is 23.3. The van der Waals surface area contributed by atoms with Crippen molar-refractivity contribution in [3.63, 3.8) is 0 Å². The number of aliphatic imine (C=N–C) groups is 2. The number of ether oxygens (including phenoxy) is 4. The number of aliphatic hydroxyl groups is 2. The molecular formula is C52H65N5O7. The van der Waals surface area contributed by atoms with E-state index in [-0.39, 0.29) is 48.0 Å². The van der Waals surface area contributed by atoms with E-state index in [1.54, 1.807) is 14.2 Å². The van der Waals surface area contributed by atoms with Crippen molar-refractivity contribution in [2.45, 2.75) is 114 Å². The van der Waals surface area contributed by atoms with Crippen molar-refractivity contribution >= 4 is 23.0 Å². The number of amides is 1. The summed E-state index contributed by atoms with van der Waals surface area (Å²) in [5.41, 5.74) is 21.8. The van der Waals surface area contributed by atoms with Crippen LogP contribution in [0.2, 0.25) is 0 Å². The zero-order valence-corrected chi connectivity index (χ0v) is 37.8. The van der Waals surface area contributed by atoms with Crippen LogP contribution in [0.25, 0.3) is 0 Å². The summed E-state index contributed by atoms with van der Waals surface area (Å²) in [6.45, 7) is 7.77. The molecule has 12 heteroatoms. The molecule has 3 heterocycles. The smallest absolute Gasteiger partial charge is 0.226 e. The lowest BCUT2D eigenvalue weighted by atomic mass is 9.74. The van der Waals surface area contributed by atoms with Crippen LogP contribution >= 0.6 is 0 Å². The van der Waals surface area contributed by atoms with Crippen molar-refractivity contribution in [3.8, 4) is 23.0 Å². The Hall–Kier alpha value is -5.43. The van der Waals surface area contributed by atoms with E-state index in [4.69, 9.17) is 40.4 Å². The van der Waals surface area contributed by atoms with Crippen LogP contribution in [0.4, 0.5) is 5.69 Å². The van der Waals surface area contributed by atoms with Crippen LogP contribution < -0.4 is 30.4 Å². The van der Waals surface area contributed by atoms with Gasteiger partial charge in [0.15, 0.2) is 23.0 Å². The van der Waals surface area contributed by atoms with Gasteiger partial charge in [-0.25, -0.2) is 0 Å². The zero-order chi connectivity index (χ0) is 44.9. The van der Waals surface area contributed by atoms with Crippen molar-refractivity contribution in [2.75, 3.05) is 52.8 Å². The summed E-state index contributed by atoms with van der Waals surface area (Å²) < 4.78 is 23.0. The maximum Gasteiger partial charge on any atom is 0.226 e. The number of primary amides is 1. The van der Waals surface area contributed by atoms with Crippen molar-refractivity contribution in [1.29, 1.82) is 0 Å². The van der Waals surface area contributed by atoms with Crippen molar-refractivity contribution in [1.82, 2.24) is 4.90 Å². The molecule has 0 aromatic heterocycles. The molecule has 7 unspecified atom stereocenters. The molecule has 340 valence electrons. The molecule has 6 N–H and O–H groups in total. The van der Waals surface area contributed by atoms with Gasteiger partial charge in [-0.05, 0) is 131 Å². The molecule has 64 heavy (non-hydrogen) atoms. The summed E-state index contributed by atoms with van der Waals surface area (Å²) in [5, 5.41) is 20.7. The Morgan fingerprint density at radius 1 is 0.703 bits per heavy atom. The van der Waals surface area contributed by atoms with Gasteiger partial charge in [0.2, 0.25) is 5.91 Å². The third-order valence-electron chi connectivity index (χ3n) is 13.7. The van der Waals surface area contributed by atoms with Gasteiger partial charge in [0.05, 0.1) is 69.1 Å². The van der Waals surface area contributed by atoms with Crippen LogP contribution in [0.15, 0.2) is 82.8 Å². The number of anilines is 1. The molecule has 4 aromatic rings. The van der Waals surface area contributed by atoms with Crippen LogP contribution in [0.1, 0.15) is 128 Å². The average molecular weight is 872 g/mol. The fourth-order valence-corrected chi connectivity index (χ4v) is 10.5. The minimum Gasteiger partial charge on any atom is -0.493 e. The Morgan fingerprint density at radius 3 is 1.72 bits per heavy atom. The molecule has 1 saturated heterocycles. The molecule has 9 rings (SSSR count). The predicted molar refractivity (Wildman–Crippen MR) is 252 cm³/mol. The van der Waals surface area contributed by atoms with Gasteiger partial charge in [-0.15, -0.1) is 0 Å². The summed E-state index contributed by atoms with van der Waals surface area (Å²) in [5.74, 6) is 2.57. The molecule has 4 aromatic carbocycles. The van der Waals surface area contributed by atoms with E-state index in [9.17, 15) is 15.0 Å². The van der Waals surface area contributed by atoms with Crippen molar-refractivity contribution in [2.24, 2.45) is 15.7 Å². The van der Waals surface area contributed by atoms with Crippen molar-refractivity contribution in [3.05, 3.63) is 112 Å². The van der Waals surface area contributed by atoms with E-state index < -0.39 is 0 Å². The van der Waals surface area contributed by atoms with E-state index in [0.717, 1.165) is 107 Å². The first kappa shape index (κ1) is 45.1. The van der Waals surface area contributed by atoms with Gasteiger partial charge >= 0.3 is 0 Å². The maximum absolute atomic E-state index is 12.4. The fourth-order valence-electron chi connectivity index (χ4n) is 10.5. The van der Waals surface area contributed by atoms with Gasteiger partial charge in [0.1, 0.15) is 0 Å². The molecule has 3 aliphatic heterocycles. The summed E-state index contributed by atoms with van der Waals surface area (Å²) in [4.78, 5) is 25.1. The highest BCUT2D eigenvalue weighted by atomic mass is 16.5. The molecule has 0 radical (unpaired) electrons. The number of benzene rings is 4. The molecule has 0 bridgehead atoms. The molecule has 2 aliphatic carbocycles. The lowest BCUT2D eigenvalue weighted by Crippen LogP contribution is -2.37. The summed E-state index contributed by atoms with van der Waals surface area (Å²) in [6, 6.07) is 24.5. The number of rotatable bonds is 12. The number of likely N-dealkylation sites (tertiary alicyclic amines) is 1. The van der Waals surface area contributed by atoms with Gasteiger partial charge in [-0.3, -0.25) is 14.8 Å². The number of carbonyl (C=O) groups excluding carboxylic acids is 1. The quantitative estimate of drug-likeness (QED) is 0.105. The molecule has 5 aliphatic rings. The van der Waals surface area contributed by atoms with E-state index in [1.165, 1.54) is 24.8 Å². The number of methoxy groups -OCH3 is 2. The highest BCUT2D eigenvalue weighted by Gasteiger charge is 2.39. The number of hydrogen-bond donors (Lipinski definition) is 4. The Bertz CT molecular complexity index is 2340. The SMILES string of the molecule is CCOc1cc2c(cc1OC)C(c1ccc(C(CN3CCCCC3)C(N)=O)cc1)=NC1CCC(O)CC21.CCOc1cc2c(cc1OC)C(c1cccc(N)c1)=NC1CCC(O)CC21. The molecule has 0 spiro atoms. The number of nitrogens with two attached hydrogens (primary N) is 2. The number of nitrogen functional groups attached to an aromatic ring is 1. The number of hydrogen-bond acceptors (Lipinski definition) is 11. The molecule has 3 fully saturated rings. The number of piperidine rings is 1. The van der Waals surface area contributed by atoms with Crippen LogP contribution in [-0.2, 0) is 4.79 Å².